The summed E-state index contributed by atoms with van der Waals surface area (Å²) in [5, 5.41) is 5.17. The van der Waals surface area contributed by atoms with Crippen molar-refractivity contribution in [1.29, 1.82) is 0 Å². The molecule has 0 radical (unpaired) electrons. The molecule has 0 aliphatic rings. The lowest BCUT2D eigenvalue weighted by Crippen LogP contribution is -1.95. The van der Waals surface area contributed by atoms with Crippen LogP contribution < -0.4 is 5.32 Å². The van der Waals surface area contributed by atoms with Crippen molar-refractivity contribution in [3.05, 3.63) is 64.8 Å². The van der Waals surface area contributed by atoms with Gasteiger partial charge in [0.2, 0.25) is 0 Å². The molecule has 2 nitrogen and oxygen atoms in total. The number of anilines is 2. The molecule has 0 saturated carbocycles. The van der Waals surface area contributed by atoms with Crippen LogP contribution in [0.25, 0.3) is 10.9 Å². The SMILES string of the molecule is Cc1ccc(Nc2ccnc3c(Cl)cccc23)c(C)c1. The van der Waals surface area contributed by atoms with E-state index in [2.05, 4.69) is 42.3 Å². The summed E-state index contributed by atoms with van der Waals surface area (Å²) in [4.78, 5) is 4.35. The van der Waals surface area contributed by atoms with E-state index >= 15 is 0 Å². The normalized spacial score (nSPS) is 10.8. The Bertz CT molecular complexity index is 781. The van der Waals surface area contributed by atoms with Crippen molar-refractivity contribution in [3.63, 3.8) is 0 Å². The van der Waals surface area contributed by atoms with Crippen LogP contribution in [-0.4, -0.2) is 4.98 Å². The third-order valence-corrected chi connectivity index (χ3v) is 3.68. The fourth-order valence-electron chi connectivity index (χ4n) is 2.35. The number of hydrogen-bond donors (Lipinski definition) is 1. The third-order valence-electron chi connectivity index (χ3n) is 3.37. The molecule has 3 aromatic rings. The topological polar surface area (TPSA) is 24.9 Å². The minimum atomic E-state index is 0.673. The zero-order valence-electron chi connectivity index (χ0n) is 11.4. The summed E-state index contributed by atoms with van der Waals surface area (Å²) < 4.78 is 0. The molecule has 1 aromatic heterocycles. The molecule has 0 amide bonds. The Labute approximate surface area is 123 Å². The molecule has 0 aliphatic carbocycles. The largest absolute Gasteiger partial charge is 0.355 e. The number of hydrogen-bond acceptors (Lipinski definition) is 2. The highest BCUT2D eigenvalue weighted by molar-refractivity contribution is 6.35. The Hall–Kier alpha value is -2.06. The maximum atomic E-state index is 6.19. The first kappa shape index (κ1) is 12.9. The molecule has 1 heterocycles. The lowest BCUT2D eigenvalue weighted by atomic mass is 10.1. The van der Waals surface area contributed by atoms with Gasteiger partial charge in [-0.3, -0.25) is 4.98 Å². The highest BCUT2D eigenvalue weighted by Crippen LogP contribution is 2.30. The second kappa shape index (κ2) is 5.14. The van der Waals surface area contributed by atoms with Crippen molar-refractivity contribution >= 4 is 33.9 Å². The molecule has 2 aromatic carbocycles. The number of aryl methyl sites for hydroxylation is 2. The van der Waals surface area contributed by atoms with Crippen molar-refractivity contribution in [2.75, 3.05) is 5.32 Å². The number of fused-ring (bicyclic) bond motifs is 1. The molecule has 0 spiro atoms. The lowest BCUT2D eigenvalue weighted by molar-refractivity contribution is 1.36. The summed E-state index contributed by atoms with van der Waals surface area (Å²) in [7, 11) is 0. The second-order valence-electron chi connectivity index (χ2n) is 4.94. The molecule has 0 atom stereocenters. The van der Waals surface area contributed by atoms with Gasteiger partial charge in [0, 0.05) is 23.0 Å². The Morgan fingerprint density at radius 1 is 1.00 bits per heavy atom. The van der Waals surface area contributed by atoms with Crippen LogP contribution in [0.3, 0.4) is 0 Å². The van der Waals surface area contributed by atoms with E-state index in [0.717, 1.165) is 22.3 Å². The van der Waals surface area contributed by atoms with E-state index < -0.39 is 0 Å². The van der Waals surface area contributed by atoms with Crippen LogP contribution >= 0.6 is 11.6 Å². The fraction of sp³-hybridized carbons (Fsp3) is 0.118. The Balaban J connectivity index is 2.09. The van der Waals surface area contributed by atoms with Crippen molar-refractivity contribution in [2.45, 2.75) is 13.8 Å². The first-order valence-electron chi connectivity index (χ1n) is 6.52. The van der Waals surface area contributed by atoms with Gasteiger partial charge in [-0.25, -0.2) is 0 Å². The average Bonchev–Trinajstić information content (AvgIpc) is 2.43. The molecule has 0 saturated heterocycles. The molecule has 0 bridgehead atoms. The molecule has 1 N–H and O–H groups in total. The van der Waals surface area contributed by atoms with Crippen LogP contribution in [0.4, 0.5) is 11.4 Å². The van der Waals surface area contributed by atoms with E-state index in [9.17, 15) is 0 Å². The molecule has 0 unspecified atom stereocenters. The summed E-state index contributed by atoms with van der Waals surface area (Å²) in [6.45, 7) is 4.20. The molecule has 20 heavy (non-hydrogen) atoms. The standard InChI is InChI=1S/C17H15ClN2/c1-11-6-7-15(12(2)10-11)20-16-8-9-19-17-13(16)4-3-5-14(17)18/h3-10H,1-2H3,(H,19,20). The van der Waals surface area contributed by atoms with E-state index in [1.165, 1.54) is 11.1 Å². The van der Waals surface area contributed by atoms with Crippen LogP contribution in [0.5, 0.6) is 0 Å². The summed E-state index contributed by atoms with van der Waals surface area (Å²) in [6, 6.07) is 14.2. The Morgan fingerprint density at radius 3 is 2.65 bits per heavy atom. The predicted octanol–water partition coefficient (Wildman–Crippen LogP) is 5.25. The quantitative estimate of drug-likeness (QED) is 0.694. The number of benzene rings is 2. The predicted molar refractivity (Wildman–Crippen MR) is 86.0 cm³/mol. The van der Waals surface area contributed by atoms with Gasteiger partial charge in [0.15, 0.2) is 0 Å². The molecule has 100 valence electrons. The number of rotatable bonds is 2. The van der Waals surface area contributed by atoms with Crippen LogP contribution in [0, 0.1) is 13.8 Å². The Morgan fingerprint density at radius 2 is 1.85 bits per heavy atom. The zero-order chi connectivity index (χ0) is 14.1. The number of nitrogens with zero attached hydrogens (tertiary/aromatic N) is 1. The van der Waals surface area contributed by atoms with Crippen LogP contribution in [0.1, 0.15) is 11.1 Å². The third kappa shape index (κ3) is 2.35. The van der Waals surface area contributed by atoms with Gasteiger partial charge in [0.05, 0.1) is 10.5 Å². The maximum absolute atomic E-state index is 6.19. The average molecular weight is 283 g/mol. The van der Waals surface area contributed by atoms with Crippen LogP contribution in [0.15, 0.2) is 48.7 Å². The highest BCUT2D eigenvalue weighted by atomic mass is 35.5. The number of nitrogens with one attached hydrogen (secondary N) is 1. The van der Waals surface area contributed by atoms with Gasteiger partial charge in [-0.1, -0.05) is 41.4 Å². The monoisotopic (exact) mass is 282 g/mol. The maximum Gasteiger partial charge on any atom is 0.0908 e. The second-order valence-corrected chi connectivity index (χ2v) is 5.35. The smallest absolute Gasteiger partial charge is 0.0908 e. The van der Waals surface area contributed by atoms with Gasteiger partial charge in [-0.2, -0.15) is 0 Å². The van der Waals surface area contributed by atoms with Gasteiger partial charge in [0.25, 0.3) is 0 Å². The van der Waals surface area contributed by atoms with Crippen LogP contribution in [0.2, 0.25) is 5.02 Å². The molecular weight excluding hydrogens is 268 g/mol. The van der Waals surface area contributed by atoms with Crippen molar-refractivity contribution in [2.24, 2.45) is 0 Å². The summed E-state index contributed by atoms with van der Waals surface area (Å²) in [6.07, 6.45) is 1.78. The minimum absolute atomic E-state index is 0.673. The van der Waals surface area contributed by atoms with E-state index in [1.807, 2.05) is 24.3 Å². The van der Waals surface area contributed by atoms with Gasteiger partial charge in [0.1, 0.15) is 0 Å². The Kier molecular flexibility index (Phi) is 3.33. The van der Waals surface area contributed by atoms with E-state index in [-0.39, 0.29) is 0 Å². The molecule has 3 rings (SSSR count). The minimum Gasteiger partial charge on any atom is -0.355 e. The summed E-state index contributed by atoms with van der Waals surface area (Å²) in [5.41, 5.74) is 5.42. The summed E-state index contributed by atoms with van der Waals surface area (Å²) in [5.74, 6) is 0. The molecule has 0 aliphatic heterocycles. The molecule has 3 heteroatoms. The zero-order valence-corrected chi connectivity index (χ0v) is 12.2. The van der Waals surface area contributed by atoms with Crippen LogP contribution in [-0.2, 0) is 0 Å². The van der Waals surface area contributed by atoms with E-state index in [1.54, 1.807) is 6.20 Å². The molecular formula is C17H15ClN2. The van der Waals surface area contributed by atoms with Crippen molar-refractivity contribution in [1.82, 2.24) is 4.98 Å². The van der Waals surface area contributed by atoms with Gasteiger partial charge in [-0.15, -0.1) is 0 Å². The number of aromatic nitrogens is 1. The summed E-state index contributed by atoms with van der Waals surface area (Å²) >= 11 is 6.19. The number of pyridine rings is 1. The van der Waals surface area contributed by atoms with Gasteiger partial charge >= 0.3 is 0 Å². The van der Waals surface area contributed by atoms with E-state index in [4.69, 9.17) is 11.6 Å². The molecule has 0 fully saturated rings. The first-order chi connectivity index (χ1) is 9.65. The lowest BCUT2D eigenvalue weighted by Gasteiger charge is -2.12. The van der Waals surface area contributed by atoms with Crippen molar-refractivity contribution in [3.8, 4) is 0 Å². The van der Waals surface area contributed by atoms with Gasteiger partial charge in [-0.05, 0) is 37.6 Å². The number of halogens is 1. The number of para-hydroxylation sites is 1. The van der Waals surface area contributed by atoms with Crippen molar-refractivity contribution < 1.29 is 0 Å². The van der Waals surface area contributed by atoms with E-state index in [0.29, 0.717) is 5.02 Å². The first-order valence-corrected chi connectivity index (χ1v) is 6.90. The van der Waals surface area contributed by atoms with Gasteiger partial charge < -0.3 is 5.32 Å². The highest BCUT2D eigenvalue weighted by Gasteiger charge is 2.06. The fourth-order valence-corrected chi connectivity index (χ4v) is 2.57.